The third kappa shape index (κ3) is 6.18. The predicted molar refractivity (Wildman–Crippen MR) is 91.7 cm³/mol. The summed E-state index contributed by atoms with van der Waals surface area (Å²) in [5.41, 5.74) is 6.89. The molecule has 21 heavy (non-hydrogen) atoms. The van der Waals surface area contributed by atoms with Gasteiger partial charge in [0.05, 0.1) is 6.04 Å². The van der Waals surface area contributed by atoms with E-state index < -0.39 is 0 Å². The lowest BCUT2D eigenvalue weighted by atomic mass is 9.94. The molecule has 1 rings (SSSR count). The molecule has 1 aromatic heterocycles. The van der Waals surface area contributed by atoms with Gasteiger partial charge in [-0.2, -0.15) is 0 Å². The molecule has 0 fully saturated rings. The van der Waals surface area contributed by atoms with E-state index in [9.17, 15) is 4.79 Å². The summed E-state index contributed by atoms with van der Waals surface area (Å²) in [4.78, 5) is 14.7. The minimum absolute atomic E-state index is 0.0987. The van der Waals surface area contributed by atoms with Crippen LogP contribution in [0.3, 0.4) is 0 Å². The van der Waals surface area contributed by atoms with Crippen LogP contribution in [0.15, 0.2) is 6.07 Å². The summed E-state index contributed by atoms with van der Waals surface area (Å²) >= 11 is 1.79. The molecule has 3 nitrogen and oxygen atoms in total. The number of hydrogen-bond donors (Lipinski definition) is 2. The van der Waals surface area contributed by atoms with E-state index in [1.54, 1.807) is 11.3 Å². The molecule has 0 aliphatic heterocycles. The molecule has 4 heteroatoms. The standard InChI is InChI=1S/C17H30N2OS/c1-5-6-15(9-10-18)7-8-17(20)19-13(3)16-11-12(2)21-14(16)4/h11,13,15H,5-10,18H2,1-4H3,(H,19,20). The molecule has 3 N–H and O–H groups in total. The first kappa shape index (κ1) is 18.2. The lowest BCUT2D eigenvalue weighted by molar-refractivity contribution is -0.122. The van der Waals surface area contributed by atoms with Crippen LogP contribution in [0.1, 0.15) is 67.3 Å². The molecule has 0 radical (unpaired) electrons. The van der Waals surface area contributed by atoms with Gasteiger partial charge in [-0.15, -0.1) is 11.3 Å². The molecule has 0 aromatic carbocycles. The van der Waals surface area contributed by atoms with Crippen molar-refractivity contribution in [1.82, 2.24) is 5.32 Å². The minimum Gasteiger partial charge on any atom is -0.350 e. The first-order valence-electron chi connectivity index (χ1n) is 8.04. The van der Waals surface area contributed by atoms with Crippen molar-refractivity contribution in [1.29, 1.82) is 0 Å². The fourth-order valence-corrected chi connectivity index (χ4v) is 3.91. The van der Waals surface area contributed by atoms with Crippen molar-refractivity contribution in [2.45, 2.75) is 65.8 Å². The fourth-order valence-electron chi connectivity index (χ4n) is 2.88. The van der Waals surface area contributed by atoms with Crippen molar-refractivity contribution >= 4 is 17.2 Å². The van der Waals surface area contributed by atoms with Crippen LogP contribution in [0.25, 0.3) is 0 Å². The van der Waals surface area contributed by atoms with Gasteiger partial charge >= 0.3 is 0 Å². The molecule has 0 saturated carbocycles. The van der Waals surface area contributed by atoms with Crippen LogP contribution >= 0.6 is 11.3 Å². The van der Waals surface area contributed by atoms with E-state index >= 15 is 0 Å². The molecule has 1 heterocycles. The number of rotatable bonds is 9. The Morgan fingerprint density at radius 2 is 2.05 bits per heavy atom. The third-order valence-corrected chi connectivity index (χ3v) is 4.96. The molecule has 0 bridgehead atoms. The molecule has 1 aromatic rings. The van der Waals surface area contributed by atoms with E-state index in [1.807, 2.05) is 0 Å². The average Bonchev–Trinajstić information content (AvgIpc) is 2.75. The SMILES string of the molecule is CCCC(CCN)CCC(=O)NC(C)c1cc(C)sc1C. The first-order valence-corrected chi connectivity index (χ1v) is 8.85. The van der Waals surface area contributed by atoms with Crippen LogP contribution in [-0.2, 0) is 4.79 Å². The Balaban J connectivity index is 2.44. The Bertz CT molecular complexity index is 436. The van der Waals surface area contributed by atoms with Crippen molar-refractivity contribution < 1.29 is 4.79 Å². The second kappa shape index (κ2) is 9.21. The van der Waals surface area contributed by atoms with Crippen LogP contribution in [0, 0.1) is 19.8 Å². The molecular formula is C17H30N2OS. The summed E-state index contributed by atoms with van der Waals surface area (Å²) in [5, 5.41) is 3.13. The van der Waals surface area contributed by atoms with Gasteiger partial charge in [-0.25, -0.2) is 0 Å². The number of aryl methyl sites for hydroxylation is 2. The van der Waals surface area contributed by atoms with E-state index in [0.717, 1.165) is 25.8 Å². The lowest BCUT2D eigenvalue weighted by Crippen LogP contribution is -2.27. The second-order valence-electron chi connectivity index (χ2n) is 5.93. The zero-order valence-electron chi connectivity index (χ0n) is 13.9. The maximum Gasteiger partial charge on any atom is 0.220 e. The number of thiophene rings is 1. The van der Waals surface area contributed by atoms with E-state index in [1.165, 1.54) is 21.7 Å². The minimum atomic E-state index is 0.0987. The van der Waals surface area contributed by atoms with E-state index in [2.05, 4.69) is 39.1 Å². The zero-order valence-corrected chi connectivity index (χ0v) is 14.7. The van der Waals surface area contributed by atoms with E-state index in [-0.39, 0.29) is 11.9 Å². The molecule has 0 spiro atoms. The third-order valence-electron chi connectivity index (χ3n) is 3.97. The van der Waals surface area contributed by atoms with E-state index in [4.69, 9.17) is 5.73 Å². The van der Waals surface area contributed by atoms with Crippen molar-refractivity contribution in [2.24, 2.45) is 11.7 Å². The second-order valence-corrected chi connectivity index (χ2v) is 7.39. The maximum atomic E-state index is 12.1. The first-order chi connectivity index (χ1) is 9.97. The monoisotopic (exact) mass is 310 g/mol. The number of nitrogens with two attached hydrogens (primary N) is 1. The van der Waals surface area contributed by atoms with E-state index in [0.29, 0.717) is 12.3 Å². The normalized spacial score (nSPS) is 14.0. The molecule has 2 unspecified atom stereocenters. The summed E-state index contributed by atoms with van der Waals surface area (Å²) in [6, 6.07) is 2.28. The molecular weight excluding hydrogens is 280 g/mol. The van der Waals surface area contributed by atoms with Gasteiger partial charge in [0, 0.05) is 16.2 Å². The molecule has 0 aliphatic carbocycles. The van der Waals surface area contributed by atoms with Gasteiger partial charge < -0.3 is 11.1 Å². The molecule has 2 atom stereocenters. The average molecular weight is 311 g/mol. The highest BCUT2D eigenvalue weighted by Crippen LogP contribution is 2.26. The van der Waals surface area contributed by atoms with Crippen LogP contribution in [0.4, 0.5) is 0 Å². The Hall–Kier alpha value is -0.870. The highest BCUT2D eigenvalue weighted by Gasteiger charge is 2.15. The summed E-state index contributed by atoms with van der Waals surface area (Å²) in [7, 11) is 0. The van der Waals surface area contributed by atoms with Crippen molar-refractivity contribution in [2.75, 3.05) is 6.54 Å². The summed E-state index contributed by atoms with van der Waals surface area (Å²) in [6.45, 7) is 9.20. The Labute approximate surface area is 133 Å². The quantitative estimate of drug-likeness (QED) is 0.722. The van der Waals surface area contributed by atoms with Gasteiger partial charge in [0.1, 0.15) is 0 Å². The van der Waals surface area contributed by atoms with Gasteiger partial charge in [0.15, 0.2) is 0 Å². The van der Waals surface area contributed by atoms with Crippen LogP contribution in [-0.4, -0.2) is 12.5 Å². The van der Waals surface area contributed by atoms with Gasteiger partial charge in [-0.1, -0.05) is 19.8 Å². The van der Waals surface area contributed by atoms with Gasteiger partial charge in [0.25, 0.3) is 0 Å². The predicted octanol–water partition coefficient (Wildman–Crippen LogP) is 4.09. The van der Waals surface area contributed by atoms with Crippen molar-refractivity contribution in [3.05, 3.63) is 21.4 Å². The Morgan fingerprint density at radius 1 is 1.33 bits per heavy atom. The number of carbonyl (C=O) groups is 1. The zero-order chi connectivity index (χ0) is 15.8. The van der Waals surface area contributed by atoms with Crippen LogP contribution in [0.2, 0.25) is 0 Å². The highest BCUT2D eigenvalue weighted by molar-refractivity contribution is 7.12. The fraction of sp³-hybridized carbons (Fsp3) is 0.706. The highest BCUT2D eigenvalue weighted by atomic mass is 32.1. The smallest absolute Gasteiger partial charge is 0.220 e. The van der Waals surface area contributed by atoms with Gasteiger partial charge in [-0.05, 0) is 57.7 Å². The summed E-state index contributed by atoms with van der Waals surface area (Å²) < 4.78 is 0. The topological polar surface area (TPSA) is 55.1 Å². The number of nitrogens with one attached hydrogen (secondary N) is 1. The number of hydrogen-bond acceptors (Lipinski definition) is 3. The number of amides is 1. The van der Waals surface area contributed by atoms with Gasteiger partial charge in [0.2, 0.25) is 5.91 Å². The number of carbonyl (C=O) groups excluding carboxylic acids is 1. The Morgan fingerprint density at radius 3 is 2.57 bits per heavy atom. The van der Waals surface area contributed by atoms with Crippen molar-refractivity contribution in [3.63, 3.8) is 0 Å². The molecule has 120 valence electrons. The lowest BCUT2D eigenvalue weighted by Gasteiger charge is -2.17. The molecule has 1 amide bonds. The summed E-state index contributed by atoms with van der Waals surface area (Å²) in [5.74, 6) is 0.745. The van der Waals surface area contributed by atoms with Crippen LogP contribution in [0.5, 0.6) is 0 Å². The van der Waals surface area contributed by atoms with Crippen LogP contribution < -0.4 is 11.1 Å². The molecule has 0 aliphatic rings. The molecule has 0 saturated heterocycles. The summed E-state index contributed by atoms with van der Waals surface area (Å²) in [6.07, 6.45) is 4.92. The largest absolute Gasteiger partial charge is 0.350 e. The maximum absolute atomic E-state index is 12.1. The van der Waals surface area contributed by atoms with Gasteiger partial charge in [-0.3, -0.25) is 4.79 Å². The van der Waals surface area contributed by atoms with Crippen molar-refractivity contribution in [3.8, 4) is 0 Å². The Kier molecular flexibility index (Phi) is 7.97.